The molecule has 1 saturated carbocycles. The molecule has 2 aliphatic rings. The summed E-state index contributed by atoms with van der Waals surface area (Å²) in [7, 11) is 0. The molecule has 0 aromatic heterocycles. The van der Waals surface area contributed by atoms with Crippen LogP contribution >= 0.6 is 0 Å². The molecule has 3 N–H and O–H groups in total. The topological polar surface area (TPSA) is 64.3 Å². The van der Waals surface area contributed by atoms with Gasteiger partial charge < -0.3 is 15.8 Å². The van der Waals surface area contributed by atoms with Crippen LogP contribution in [0.2, 0.25) is 0 Å². The van der Waals surface area contributed by atoms with Crippen molar-refractivity contribution in [3.8, 4) is 0 Å². The lowest BCUT2D eigenvalue weighted by atomic mass is 9.92. The van der Waals surface area contributed by atoms with Crippen molar-refractivity contribution >= 4 is 5.91 Å². The molecule has 2 atom stereocenters. The molecule has 1 amide bonds. The molecular weight excluding hydrogens is 228 g/mol. The molecule has 1 saturated heterocycles. The molecule has 0 spiro atoms. The third kappa shape index (κ3) is 2.86. The molecule has 4 nitrogen and oxygen atoms in total. The first-order chi connectivity index (χ1) is 8.53. The third-order valence-electron chi connectivity index (χ3n) is 4.39. The summed E-state index contributed by atoms with van der Waals surface area (Å²) >= 11 is 0. The van der Waals surface area contributed by atoms with Gasteiger partial charge in [-0.25, -0.2) is 0 Å². The Morgan fingerprint density at radius 1 is 1.44 bits per heavy atom. The van der Waals surface area contributed by atoms with Gasteiger partial charge in [0.05, 0.1) is 11.6 Å². The summed E-state index contributed by atoms with van der Waals surface area (Å²) in [6.07, 6.45) is 5.13. The number of carbonyl (C=O) groups is 1. The number of hydrogen-bond acceptors (Lipinski definition) is 3. The van der Waals surface area contributed by atoms with E-state index in [2.05, 4.69) is 19.2 Å². The molecule has 0 bridgehead atoms. The van der Waals surface area contributed by atoms with Gasteiger partial charge in [-0.3, -0.25) is 4.79 Å². The van der Waals surface area contributed by atoms with Crippen molar-refractivity contribution < 1.29 is 9.53 Å². The molecule has 0 aromatic carbocycles. The second kappa shape index (κ2) is 5.57. The van der Waals surface area contributed by atoms with Crippen LogP contribution in [0.5, 0.6) is 0 Å². The van der Waals surface area contributed by atoms with E-state index in [0.717, 1.165) is 38.7 Å². The number of nitrogens with two attached hydrogens (primary N) is 1. The average Bonchev–Trinajstić information content (AvgIpc) is 2.95. The minimum absolute atomic E-state index is 0.0365. The largest absolute Gasteiger partial charge is 0.378 e. The number of amides is 1. The summed E-state index contributed by atoms with van der Waals surface area (Å²) in [5.41, 5.74) is 5.53. The monoisotopic (exact) mass is 254 g/mol. The van der Waals surface area contributed by atoms with E-state index in [0.29, 0.717) is 18.4 Å². The smallest absolute Gasteiger partial charge is 0.240 e. The van der Waals surface area contributed by atoms with Crippen LogP contribution in [0.15, 0.2) is 0 Å². The zero-order chi connectivity index (χ0) is 13.2. The molecular formula is C14H26N2O2. The van der Waals surface area contributed by atoms with Gasteiger partial charge in [-0.05, 0) is 25.2 Å². The van der Waals surface area contributed by atoms with E-state index in [-0.39, 0.29) is 12.0 Å². The highest BCUT2D eigenvalue weighted by atomic mass is 16.5. The molecule has 104 valence electrons. The van der Waals surface area contributed by atoms with Crippen LogP contribution in [0.3, 0.4) is 0 Å². The Balaban J connectivity index is 1.82. The molecule has 0 aromatic rings. The molecule has 4 heteroatoms. The van der Waals surface area contributed by atoms with E-state index in [1.54, 1.807) is 0 Å². The van der Waals surface area contributed by atoms with Gasteiger partial charge in [0.25, 0.3) is 0 Å². The van der Waals surface area contributed by atoms with Crippen LogP contribution in [0.4, 0.5) is 0 Å². The van der Waals surface area contributed by atoms with Crippen molar-refractivity contribution in [1.82, 2.24) is 5.32 Å². The van der Waals surface area contributed by atoms with Crippen molar-refractivity contribution in [3.63, 3.8) is 0 Å². The molecule has 1 aliphatic carbocycles. The summed E-state index contributed by atoms with van der Waals surface area (Å²) < 4.78 is 5.73. The molecule has 2 fully saturated rings. The highest BCUT2D eigenvalue weighted by Crippen LogP contribution is 2.29. The van der Waals surface area contributed by atoms with Crippen molar-refractivity contribution in [2.24, 2.45) is 17.6 Å². The zero-order valence-corrected chi connectivity index (χ0v) is 11.6. The molecule has 0 radical (unpaired) electrons. The predicted octanol–water partition coefficient (Wildman–Crippen LogP) is 1.44. The predicted molar refractivity (Wildman–Crippen MR) is 71.1 cm³/mol. The SMILES string of the molecule is CC(C)C1OCCC1CNC(=O)C1(N)CCCC1. The Morgan fingerprint density at radius 3 is 2.72 bits per heavy atom. The number of ether oxygens (including phenoxy) is 1. The van der Waals surface area contributed by atoms with Gasteiger partial charge in [0.15, 0.2) is 0 Å². The molecule has 1 aliphatic heterocycles. The first-order valence-electron chi connectivity index (χ1n) is 7.22. The van der Waals surface area contributed by atoms with Gasteiger partial charge in [0, 0.05) is 19.1 Å². The lowest BCUT2D eigenvalue weighted by Gasteiger charge is -2.26. The third-order valence-corrected chi connectivity index (χ3v) is 4.39. The van der Waals surface area contributed by atoms with Crippen molar-refractivity contribution in [1.29, 1.82) is 0 Å². The lowest BCUT2D eigenvalue weighted by molar-refractivity contribution is -0.126. The van der Waals surface area contributed by atoms with Crippen LogP contribution in [-0.2, 0) is 9.53 Å². The molecule has 18 heavy (non-hydrogen) atoms. The van der Waals surface area contributed by atoms with Gasteiger partial charge in [-0.2, -0.15) is 0 Å². The number of rotatable bonds is 4. The normalized spacial score (nSPS) is 30.9. The minimum atomic E-state index is -0.604. The Morgan fingerprint density at radius 2 is 2.11 bits per heavy atom. The number of carbonyl (C=O) groups excluding carboxylic acids is 1. The van der Waals surface area contributed by atoms with Gasteiger partial charge >= 0.3 is 0 Å². The minimum Gasteiger partial charge on any atom is -0.378 e. The zero-order valence-electron chi connectivity index (χ0n) is 11.6. The fraction of sp³-hybridized carbons (Fsp3) is 0.929. The van der Waals surface area contributed by atoms with Crippen LogP contribution in [0.1, 0.15) is 46.0 Å². The summed E-state index contributed by atoms with van der Waals surface area (Å²) in [5, 5.41) is 3.05. The first kappa shape index (κ1) is 13.8. The number of hydrogen-bond donors (Lipinski definition) is 2. The fourth-order valence-corrected chi connectivity index (χ4v) is 3.24. The molecule has 2 unspecified atom stereocenters. The summed E-state index contributed by atoms with van der Waals surface area (Å²) in [5.74, 6) is 0.987. The van der Waals surface area contributed by atoms with Crippen LogP contribution in [-0.4, -0.2) is 30.7 Å². The van der Waals surface area contributed by atoms with Crippen LogP contribution < -0.4 is 11.1 Å². The van der Waals surface area contributed by atoms with Crippen LogP contribution in [0.25, 0.3) is 0 Å². The van der Waals surface area contributed by atoms with Gasteiger partial charge in [-0.1, -0.05) is 26.7 Å². The van der Waals surface area contributed by atoms with E-state index in [4.69, 9.17) is 10.5 Å². The van der Waals surface area contributed by atoms with Crippen LogP contribution in [0, 0.1) is 11.8 Å². The molecule has 1 heterocycles. The van der Waals surface area contributed by atoms with Crippen molar-refractivity contribution in [3.05, 3.63) is 0 Å². The van der Waals surface area contributed by atoms with Gasteiger partial charge in [-0.15, -0.1) is 0 Å². The summed E-state index contributed by atoms with van der Waals surface area (Å²) in [4.78, 5) is 12.1. The highest BCUT2D eigenvalue weighted by Gasteiger charge is 2.38. The first-order valence-corrected chi connectivity index (χ1v) is 7.22. The Bertz CT molecular complexity index is 298. The summed E-state index contributed by atoms with van der Waals surface area (Å²) in [6.45, 7) is 5.87. The second-order valence-electron chi connectivity index (χ2n) is 6.20. The maximum absolute atomic E-state index is 12.1. The second-order valence-corrected chi connectivity index (χ2v) is 6.20. The van der Waals surface area contributed by atoms with Crippen molar-refractivity contribution in [2.75, 3.05) is 13.2 Å². The Labute approximate surface area is 110 Å². The van der Waals surface area contributed by atoms with Crippen molar-refractivity contribution in [2.45, 2.75) is 57.6 Å². The van der Waals surface area contributed by atoms with Gasteiger partial charge in [0.2, 0.25) is 5.91 Å². The fourth-order valence-electron chi connectivity index (χ4n) is 3.24. The van der Waals surface area contributed by atoms with E-state index < -0.39 is 5.54 Å². The van der Waals surface area contributed by atoms with E-state index >= 15 is 0 Å². The Hall–Kier alpha value is -0.610. The standard InChI is InChI=1S/C14H26N2O2/c1-10(2)12-11(5-8-18-12)9-16-13(17)14(15)6-3-4-7-14/h10-12H,3-9,15H2,1-2H3,(H,16,17). The summed E-state index contributed by atoms with van der Waals surface area (Å²) in [6, 6.07) is 0. The Kier molecular flexibility index (Phi) is 4.28. The quantitative estimate of drug-likeness (QED) is 0.798. The van der Waals surface area contributed by atoms with Gasteiger partial charge in [0.1, 0.15) is 0 Å². The lowest BCUT2D eigenvalue weighted by Crippen LogP contribution is -2.53. The maximum Gasteiger partial charge on any atom is 0.240 e. The highest BCUT2D eigenvalue weighted by molar-refractivity contribution is 5.86. The number of nitrogens with one attached hydrogen (secondary N) is 1. The van der Waals surface area contributed by atoms with E-state index in [1.165, 1.54) is 0 Å². The molecule has 2 rings (SSSR count). The van der Waals surface area contributed by atoms with E-state index in [9.17, 15) is 4.79 Å². The maximum atomic E-state index is 12.1. The average molecular weight is 254 g/mol. The van der Waals surface area contributed by atoms with E-state index in [1.807, 2.05) is 0 Å².